The lowest BCUT2D eigenvalue weighted by Gasteiger charge is -2.23. The van der Waals surface area contributed by atoms with E-state index in [-0.39, 0.29) is 0 Å². The minimum Gasteiger partial charge on any atom is -0.508 e. The number of phenolic OH excluding ortho intramolecular Hbond substituents is 1. The van der Waals surface area contributed by atoms with E-state index in [0.29, 0.717) is 17.6 Å². The maximum atomic E-state index is 9.85. The molecule has 1 aromatic carbocycles. The molecule has 1 nitrogen and oxygen atoms in total. The number of phenols is 1. The second kappa shape index (κ2) is 5.79. The number of para-hydroxylation sites is 1. The van der Waals surface area contributed by atoms with E-state index in [1.165, 1.54) is 12.8 Å². The number of hydrogen-bond acceptors (Lipinski definition) is 1. The Kier molecular flexibility index (Phi) is 4.67. The first-order chi connectivity index (χ1) is 7.20. The lowest BCUT2D eigenvalue weighted by molar-refractivity contribution is 0.394. The van der Waals surface area contributed by atoms with Gasteiger partial charge in [-0.25, -0.2) is 0 Å². The molecule has 0 aliphatic heterocycles. The molecule has 1 N–H and O–H groups in total. The van der Waals surface area contributed by atoms with Gasteiger partial charge in [0.05, 0.1) is 0 Å². The summed E-state index contributed by atoms with van der Waals surface area (Å²) in [5, 5.41) is 9.85. The molecule has 0 aromatic heterocycles. The van der Waals surface area contributed by atoms with E-state index in [4.69, 9.17) is 0 Å². The van der Waals surface area contributed by atoms with Crippen LogP contribution in [0.15, 0.2) is 24.3 Å². The van der Waals surface area contributed by atoms with Crippen molar-refractivity contribution in [1.82, 2.24) is 0 Å². The van der Waals surface area contributed by atoms with E-state index >= 15 is 0 Å². The van der Waals surface area contributed by atoms with Gasteiger partial charge in [0.2, 0.25) is 0 Å². The first-order valence-electron chi connectivity index (χ1n) is 5.98. The summed E-state index contributed by atoms with van der Waals surface area (Å²) in [6.45, 7) is 6.69. The summed E-state index contributed by atoms with van der Waals surface area (Å²) in [5.41, 5.74) is 1.12. The Hall–Kier alpha value is -0.980. The van der Waals surface area contributed by atoms with Crippen LogP contribution in [-0.2, 0) is 0 Å². The van der Waals surface area contributed by atoms with E-state index in [0.717, 1.165) is 12.0 Å². The Morgan fingerprint density at radius 1 is 1.20 bits per heavy atom. The molecule has 0 heterocycles. The van der Waals surface area contributed by atoms with Crippen molar-refractivity contribution >= 4 is 0 Å². The molecule has 0 aliphatic carbocycles. The van der Waals surface area contributed by atoms with Gasteiger partial charge in [-0.15, -0.1) is 0 Å². The van der Waals surface area contributed by atoms with Crippen molar-refractivity contribution in [3.63, 3.8) is 0 Å². The zero-order valence-corrected chi connectivity index (χ0v) is 10.0. The molecule has 0 saturated carbocycles. The third-order valence-corrected chi connectivity index (χ3v) is 3.27. The summed E-state index contributed by atoms with van der Waals surface area (Å²) >= 11 is 0. The molecule has 1 rings (SSSR count). The number of aromatic hydroxyl groups is 1. The fourth-order valence-electron chi connectivity index (χ4n) is 2.14. The first-order valence-corrected chi connectivity index (χ1v) is 5.98. The van der Waals surface area contributed by atoms with Gasteiger partial charge >= 0.3 is 0 Å². The molecular formula is C14H22O. The van der Waals surface area contributed by atoms with Gasteiger partial charge in [-0.2, -0.15) is 0 Å². The first kappa shape index (κ1) is 12.1. The van der Waals surface area contributed by atoms with Crippen LogP contribution in [0.5, 0.6) is 5.75 Å². The molecule has 2 atom stereocenters. The van der Waals surface area contributed by atoms with Crippen molar-refractivity contribution in [2.75, 3.05) is 0 Å². The summed E-state index contributed by atoms with van der Waals surface area (Å²) in [7, 11) is 0. The van der Waals surface area contributed by atoms with Crippen LogP contribution in [0.25, 0.3) is 0 Å². The Labute approximate surface area is 93.1 Å². The van der Waals surface area contributed by atoms with Crippen molar-refractivity contribution in [2.24, 2.45) is 5.92 Å². The minimum atomic E-state index is 0.455. The second-order valence-corrected chi connectivity index (χ2v) is 4.34. The molecule has 1 aromatic rings. The van der Waals surface area contributed by atoms with Crippen molar-refractivity contribution in [3.05, 3.63) is 29.8 Å². The van der Waals surface area contributed by atoms with E-state index in [9.17, 15) is 5.11 Å². The zero-order valence-electron chi connectivity index (χ0n) is 10.0. The van der Waals surface area contributed by atoms with Crippen molar-refractivity contribution in [1.29, 1.82) is 0 Å². The average molecular weight is 206 g/mol. The molecule has 2 unspecified atom stereocenters. The summed E-state index contributed by atoms with van der Waals surface area (Å²) < 4.78 is 0. The maximum absolute atomic E-state index is 9.85. The third-order valence-electron chi connectivity index (χ3n) is 3.27. The Bertz CT molecular complexity index is 293. The molecule has 0 fully saturated rings. The lowest BCUT2D eigenvalue weighted by atomic mass is 9.82. The largest absolute Gasteiger partial charge is 0.508 e. The summed E-state index contributed by atoms with van der Waals surface area (Å²) in [6, 6.07) is 7.75. The van der Waals surface area contributed by atoms with Crippen LogP contribution in [0.2, 0.25) is 0 Å². The fraction of sp³-hybridized carbons (Fsp3) is 0.571. The zero-order chi connectivity index (χ0) is 11.3. The highest BCUT2D eigenvalue weighted by Crippen LogP contribution is 2.35. The number of rotatable bonds is 5. The lowest BCUT2D eigenvalue weighted by Crippen LogP contribution is -2.09. The van der Waals surface area contributed by atoms with Crippen LogP contribution in [0.3, 0.4) is 0 Å². The SMILES string of the molecule is CCCC(c1ccccc1O)C(C)CC. The summed E-state index contributed by atoms with van der Waals surface area (Å²) in [5.74, 6) is 1.59. The van der Waals surface area contributed by atoms with Gasteiger partial charge in [-0.1, -0.05) is 51.8 Å². The van der Waals surface area contributed by atoms with E-state index in [2.05, 4.69) is 26.8 Å². The van der Waals surface area contributed by atoms with Gasteiger partial charge in [0.25, 0.3) is 0 Å². The van der Waals surface area contributed by atoms with Gasteiger partial charge in [-0.05, 0) is 29.9 Å². The van der Waals surface area contributed by atoms with Gasteiger partial charge in [0.1, 0.15) is 5.75 Å². The van der Waals surface area contributed by atoms with Gasteiger partial charge < -0.3 is 5.11 Å². The van der Waals surface area contributed by atoms with Crippen molar-refractivity contribution < 1.29 is 5.11 Å². The fourth-order valence-corrected chi connectivity index (χ4v) is 2.14. The monoisotopic (exact) mass is 206 g/mol. The topological polar surface area (TPSA) is 20.2 Å². The van der Waals surface area contributed by atoms with E-state index in [1.54, 1.807) is 6.07 Å². The van der Waals surface area contributed by atoms with Crippen LogP contribution < -0.4 is 0 Å². The van der Waals surface area contributed by atoms with Crippen LogP contribution in [0, 0.1) is 5.92 Å². The van der Waals surface area contributed by atoms with Crippen molar-refractivity contribution in [2.45, 2.75) is 46.0 Å². The molecule has 0 bridgehead atoms. The van der Waals surface area contributed by atoms with E-state index in [1.807, 2.05) is 12.1 Å². The highest BCUT2D eigenvalue weighted by Gasteiger charge is 2.19. The minimum absolute atomic E-state index is 0.455. The van der Waals surface area contributed by atoms with Crippen molar-refractivity contribution in [3.8, 4) is 5.75 Å². The Balaban J connectivity index is 2.93. The van der Waals surface area contributed by atoms with Crippen LogP contribution >= 0.6 is 0 Å². The smallest absolute Gasteiger partial charge is 0.119 e. The molecule has 0 saturated heterocycles. The molecule has 0 spiro atoms. The van der Waals surface area contributed by atoms with Gasteiger partial charge in [0, 0.05) is 0 Å². The average Bonchev–Trinajstić information content (AvgIpc) is 2.26. The molecular weight excluding hydrogens is 184 g/mol. The number of benzene rings is 1. The number of hydrogen-bond donors (Lipinski definition) is 1. The normalized spacial score (nSPS) is 14.9. The molecule has 0 aliphatic rings. The van der Waals surface area contributed by atoms with Crippen LogP contribution in [0.1, 0.15) is 51.5 Å². The Morgan fingerprint density at radius 2 is 1.87 bits per heavy atom. The van der Waals surface area contributed by atoms with E-state index < -0.39 is 0 Å². The molecule has 15 heavy (non-hydrogen) atoms. The van der Waals surface area contributed by atoms with Gasteiger partial charge in [0.15, 0.2) is 0 Å². The quantitative estimate of drug-likeness (QED) is 0.760. The molecule has 1 heteroatoms. The summed E-state index contributed by atoms with van der Waals surface area (Å²) in [4.78, 5) is 0. The van der Waals surface area contributed by atoms with Crippen LogP contribution in [0.4, 0.5) is 0 Å². The van der Waals surface area contributed by atoms with Crippen LogP contribution in [-0.4, -0.2) is 5.11 Å². The predicted octanol–water partition coefficient (Wildman–Crippen LogP) is 4.32. The highest BCUT2D eigenvalue weighted by atomic mass is 16.3. The Morgan fingerprint density at radius 3 is 2.40 bits per heavy atom. The standard InChI is InChI=1S/C14H22O/c1-4-8-12(11(3)5-2)13-9-6-7-10-14(13)15/h6-7,9-12,15H,4-5,8H2,1-3H3. The molecule has 0 radical (unpaired) electrons. The van der Waals surface area contributed by atoms with Gasteiger partial charge in [-0.3, -0.25) is 0 Å². The maximum Gasteiger partial charge on any atom is 0.119 e. The second-order valence-electron chi connectivity index (χ2n) is 4.34. The molecule has 84 valence electrons. The predicted molar refractivity (Wildman–Crippen MR) is 65.2 cm³/mol. The third kappa shape index (κ3) is 2.98. The summed E-state index contributed by atoms with van der Waals surface area (Å²) in [6.07, 6.45) is 3.49. The molecule has 0 amide bonds. The highest BCUT2D eigenvalue weighted by molar-refractivity contribution is 5.35.